The van der Waals surface area contributed by atoms with E-state index in [1.165, 1.54) is 32.1 Å². The number of hydrogen-bond donors (Lipinski definition) is 2. The zero-order chi connectivity index (χ0) is 13.5. The van der Waals surface area contributed by atoms with E-state index >= 15 is 0 Å². The van der Waals surface area contributed by atoms with E-state index in [4.69, 9.17) is 4.74 Å². The Balaban J connectivity index is 1.61. The fraction of sp³-hybridized carbons (Fsp3) is 0.846. The molecular formula is C13H23N3O2S. The highest BCUT2D eigenvalue weighted by Gasteiger charge is 2.21. The van der Waals surface area contributed by atoms with Gasteiger partial charge in [-0.2, -0.15) is 4.37 Å². The summed E-state index contributed by atoms with van der Waals surface area (Å²) in [6.45, 7) is 3.11. The average Bonchev–Trinajstić information content (AvgIpc) is 2.96. The van der Waals surface area contributed by atoms with Crippen LogP contribution in [0.3, 0.4) is 0 Å². The number of rotatable bonds is 7. The van der Waals surface area contributed by atoms with E-state index in [2.05, 4.69) is 21.0 Å². The van der Waals surface area contributed by atoms with Gasteiger partial charge in [0.2, 0.25) is 5.88 Å². The lowest BCUT2D eigenvalue weighted by Crippen LogP contribution is -2.40. The van der Waals surface area contributed by atoms with Crippen molar-refractivity contribution in [2.75, 3.05) is 13.2 Å². The van der Waals surface area contributed by atoms with Gasteiger partial charge in [-0.1, -0.05) is 26.2 Å². The fourth-order valence-corrected chi connectivity index (χ4v) is 2.97. The van der Waals surface area contributed by atoms with Crippen LogP contribution in [0.2, 0.25) is 0 Å². The summed E-state index contributed by atoms with van der Waals surface area (Å²) >= 11 is 1.11. The Kier molecular flexibility index (Phi) is 6.00. The Morgan fingerprint density at radius 2 is 2.47 bits per heavy atom. The lowest BCUT2D eigenvalue weighted by Gasteiger charge is -2.29. The highest BCUT2D eigenvalue weighted by Crippen LogP contribution is 2.26. The molecule has 1 saturated carbocycles. The molecule has 1 fully saturated rings. The van der Waals surface area contributed by atoms with Crippen molar-refractivity contribution in [3.63, 3.8) is 0 Å². The molecule has 3 unspecified atom stereocenters. The molecular weight excluding hydrogens is 262 g/mol. The van der Waals surface area contributed by atoms with Gasteiger partial charge in [0, 0.05) is 12.6 Å². The van der Waals surface area contributed by atoms with Gasteiger partial charge in [-0.05, 0) is 18.8 Å². The largest absolute Gasteiger partial charge is 0.473 e. The molecule has 0 bridgehead atoms. The van der Waals surface area contributed by atoms with Gasteiger partial charge in [0.05, 0.1) is 11.7 Å². The molecule has 0 spiro atoms. The molecule has 6 heteroatoms. The van der Waals surface area contributed by atoms with Crippen molar-refractivity contribution in [3.8, 4) is 5.88 Å². The van der Waals surface area contributed by atoms with Crippen LogP contribution in [0.25, 0.3) is 0 Å². The van der Waals surface area contributed by atoms with Gasteiger partial charge >= 0.3 is 0 Å². The van der Waals surface area contributed by atoms with Crippen molar-refractivity contribution in [1.29, 1.82) is 0 Å². The molecule has 19 heavy (non-hydrogen) atoms. The quantitative estimate of drug-likeness (QED) is 0.800. The first kappa shape index (κ1) is 14.7. The summed E-state index contributed by atoms with van der Waals surface area (Å²) < 4.78 is 13.1. The van der Waals surface area contributed by atoms with Gasteiger partial charge in [-0.3, -0.25) is 0 Å². The summed E-state index contributed by atoms with van der Waals surface area (Å²) in [7, 11) is 0. The maximum Gasteiger partial charge on any atom is 0.245 e. The van der Waals surface area contributed by atoms with Gasteiger partial charge in [0.25, 0.3) is 0 Å². The predicted octanol–water partition coefficient (Wildman–Crippen LogP) is 1.84. The smallest absolute Gasteiger partial charge is 0.245 e. The van der Waals surface area contributed by atoms with Gasteiger partial charge in [-0.25, -0.2) is 0 Å². The molecule has 0 aliphatic heterocycles. The van der Waals surface area contributed by atoms with Crippen LogP contribution in [0.15, 0.2) is 6.20 Å². The van der Waals surface area contributed by atoms with Crippen LogP contribution < -0.4 is 10.1 Å². The van der Waals surface area contributed by atoms with E-state index in [1.54, 1.807) is 6.20 Å². The molecule has 1 aliphatic rings. The Labute approximate surface area is 118 Å². The minimum atomic E-state index is -0.497. The SMILES string of the molecule is CCC1CCCC(NCC(O)COc2cnsn2)C1. The van der Waals surface area contributed by atoms with Crippen molar-refractivity contribution in [2.24, 2.45) is 5.92 Å². The van der Waals surface area contributed by atoms with Crippen LogP contribution in [0.5, 0.6) is 5.88 Å². The topological polar surface area (TPSA) is 67.3 Å². The van der Waals surface area contributed by atoms with Crippen molar-refractivity contribution < 1.29 is 9.84 Å². The third kappa shape index (κ3) is 5.04. The highest BCUT2D eigenvalue weighted by molar-refractivity contribution is 6.99. The van der Waals surface area contributed by atoms with Gasteiger partial charge in [-0.15, -0.1) is 4.37 Å². The molecule has 108 valence electrons. The molecule has 2 rings (SSSR count). The highest BCUT2D eigenvalue weighted by atomic mass is 32.1. The third-order valence-electron chi connectivity index (χ3n) is 3.77. The molecule has 0 amide bonds. The Hall–Kier alpha value is -0.720. The van der Waals surface area contributed by atoms with E-state index < -0.39 is 6.10 Å². The standard InChI is InChI=1S/C13H23N3O2S/c1-2-10-4-3-5-11(6-10)14-7-12(17)9-18-13-8-15-19-16-13/h8,10-12,14,17H,2-7,9H2,1H3. The number of aliphatic hydroxyl groups is 1. The van der Waals surface area contributed by atoms with Crippen molar-refractivity contribution in [3.05, 3.63) is 6.20 Å². The summed E-state index contributed by atoms with van der Waals surface area (Å²) in [6.07, 6.45) is 7.45. The van der Waals surface area contributed by atoms with Crippen molar-refractivity contribution in [1.82, 2.24) is 14.1 Å². The summed E-state index contributed by atoms with van der Waals surface area (Å²) in [6, 6.07) is 0.550. The van der Waals surface area contributed by atoms with Crippen LogP contribution in [-0.2, 0) is 0 Å². The first-order valence-corrected chi connectivity index (χ1v) is 7.82. The number of nitrogens with one attached hydrogen (secondary N) is 1. The van der Waals surface area contributed by atoms with Crippen LogP contribution in [0.1, 0.15) is 39.0 Å². The van der Waals surface area contributed by atoms with Crippen molar-refractivity contribution in [2.45, 2.75) is 51.2 Å². The van der Waals surface area contributed by atoms with Gasteiger partial charge < -0.3 is 15.2 Å². The van der Waals surface area contributed by atoms with Crippen molar-refractivity contribution >= 4 is 11.7 Å². The summed E-state index contributed by atoms with van der Waals surface area (Å²) in [5, 5.41) is 13.3. The van der Waals surface area contributed by atoms with E-state index in [1.807, 2.05) is 0 Å². The minimum absolute atomic E-state index is 0.266. The third-order valence-corrected chi connectivity index (χ3v) is 4.23. The molecule has 1 aromatic heterocycles. The zero-order valence-corrected chi connectivity index (χ0v) is 12.2. The fourth-order valence-electron chi connectivity index (χ4n) is 2.61. The van der Waals surface area contributed by atoms with Crippen LogP contribution in [-0.4, -0.2) is 39.2 Å². The monoisotopic (exact) mass is 285 g/mol. The number of aliphatic hydroxyl groups excluding tert-OH is 1. The van der Waals surface area contributed by atoms with Gasteiger partial charge in [0.1, 0.15) is 18.9 Å². The van der Waals surface area contributed by atoms with Crippen LogP contribution >= 0.6 is 11.7 Å². The van der Waals surface area contributed by atoms with E-state index in [0.717, 1.165) is 17.6 Å². The molecule has 0 radical (unpaired) electrons. The maximum absolute atomic E-state index is 9.87. The summed E-state index contributed by atoms with van der Waals surface area (Å²) in [4.78, 5) is 0. The molecule has 0 saturated heterocycles. The molecule has 3 atom stereocenters. The Bertz CT molecular complexity index is 348. The number of aromatic nitrogens is 2. The second-order valence-electron chi connectivity index (χ2n) is 5.26. The molecule has 1 heterocycles. The van der Waals surface area contributed by atoms with Crippen LogP contribution in [0, 0.1) is 5.92 Å². The Morgan fingerprint density at radius 3 is 3.21 bits per heavy atom. The number of ether oxygens (including phenoxy) is 1. The molecule has 1 aliphatic carbocycles. The Morgan fingerprint density at radius 1 is 1.58 bits per heavy atom. The molecule has 5 nitrogen and oxygen atoms in total. The zero-order valence-electron chi connectivity index (χ0n) is 11.4. The lowest BCUT2D eigenvalue weighted by atomic mass is 9.84. The van der Waals surface area contributed by atoms with Crippen LogP contribution in [0.4, 0.5) is 0 Å². The number of hydrogen-bond acceptors (Lipinski definition) is 6. The van der Waals surface area contributed by atoms with E-state index in [-0.39, 0.29) is 6.61 Å². The first-order valence-electron chi connectivity index (χ1n) is 7.09. The van der Waals surface area contributed by atoms with Gasteiger partial charge in [0.15, 0.2) is 0 Å². The predicted molar refractivity (Wildman–Crippen MR) is 75.5 cm³/mol. The maximum atomic E-state index is 9.87. The molecule has 1 aromatic rings. The number of nitrogens with zero attached hydrogens (tertiary/aromatic N) is 2. The second-order valence-corrected chi connectivity index (χ2v) is 5.81. The lowest BCUT2D eigenvalue weighted by molar-refractivity contribution is 0.0981. The van der Waals surface area contributed by atoms with E-state index in [9.17, 15) is 5.11 Å². The van der Waals surface area contributed by atoms with E-state index in [0.29, 0.717) is 18.5 Å². The minimum Gasteiger partial charge on any atom is -0.473 e. The molecule has 2 N–H and O–H groups in total. The first-order chi connectivity index (χ1) is 9.28. The summed E-state index contributed by atoms with van der Waals surface area (Å²) in [5.41, 5.74) is 0. The second kappa shape index (κ2) is 7.77. The normalized spacial score (nSPS) is 25.2. The molecule has 0 aromatic carbocycles. The summed E-state index contributed by atoms with van der Waals surface area (Å²) in [5.74, 6) is 1.34. The average molecular weight is 285 g/mol.